The minimum absolute atomic E-state index is 1.44. The van der Waals surface area contributed by atoms with Crippen LogP contribution < -0.4 is 20.7 Å². The number of hydrogen-bond donors (Lipinski definition) is 0. The molecule has 4 aromatic carbocycles. The highest BCUT2D eigenvalue weighted by atomic mass is 28.5. The van der Waals surface area contributed by atoms with E-state index in [0.29, 0.717) is 0 Å². The van der Waals surface area contributed by atoms with Crippen molar-refractivity contribution in [3.63, 3.8) is 0 Å². The third-order valence-electron chi connectivity index (χ3n) is 6.65. The topological polar surface area (TPSA) is 6.48 Å². The van der Waals surface area contributed by atoms with Crippen LogP contribution in [-0.4, -0.2) is 39.4 Å². The van der Waals surface area contributed by atoms with Gasteiger partial charge in [0, 0.05) is 0 Å². The second-order valence-electron chi connectivity index (χ2n) is 7.93. The first kappa shape index (κ1) is 19.2. The summed E-state index contributed by atoms with van der Waals surface area (Å²) in [4.78, 5) is 0. The summed E-state index contributed by atoms with van der Waals surface area (Å²) >= 11 is 0. The molecule has 1 saturated heterocycles. The largest absolute Gasteiger partial charge is 0.310 e. The first-order valence-electron chi connectivity index (χ1n) is 10.4. The van der Waals surface area contributed by atoms with Crippen LogP contribution in [0.5, 0.6) is 0 Å². The fourth-order valence-corrected chi connectivity index (χ4v) is 20.7. The Balaban J connectivity index is 1.79. The highest BCUT2D eigenvalue weighted by Gasteiger charge is 2.71. The summed E-state index contributed by atoms with van der Waals surface area (Å²) in [6, 6.07) is 44.5. The maximum atomic E-state index is 2.80. The average Bonchev–Trinajstić information content (AvgIpc) is 2.83. The zero-order valence-electron chi connectivity index (χ0n) is 17.4. The first-order valence-corrected chi connectivity index (χ1v) is 14.2. The van der Waals surface area contributed by atoms with Gasteiger partial charge in [0.15, 0.2) is 0 Å². The number of hydrogen-bond acceptors (Lipinski definition) is 2. The lowest BCUT2D eigenvalue weighted by Crippen LogP contribution is -3.04. The zero-order valence-corrected chi connectivity index (χ0v) is 19.4. The van der Waals surface area contributed by atoms with E-state index in [0.717, 1.165) is 0 Å². The van der Waals surface area contributed by atoms with Gasteiger partial charge in [-0.3, -0.25) is 0 Å². The summed E-state index contributed by atoms with van der Waals surface area (Å²) < 4.78 is 5.60. The summed E-state index contributed by atoms with van der Waals surface area (Å²) in [6.45, 7) is 0. The molecule has 0 amide bonds. The second kappa shape index (κ2) is 7.49. The van der Waals surface area contributed by atoms with E-state index in [1.54, 1.807) is 0 Å². The third-order valence-corrected chi connectivity index (χ3v) is 19.0. The smallest absolute Gasteiger partial charge is 0.262 e. The molecule has 0 atom stereocenters. The van der Waals surface area contributed by atoms with Crippen LogP contribution in [0.2, 0.25) is 0 Å². The van der Waals surface area contributed by atoms with Gasteiger partial charge < -0.3 is 8.46 Å². The normalized spacial score (nSPS) is 17.9. The van der Waals surface area contributed by atoms with Crippen molar-refractivity contribution in [1.29, 1.82) is 0 Å². The van der Waals surface area contributed by atoms with E-state index in [1.165, 1.54) is 20.7 Å². The van der Waals surface area contributed by atoms with Crippen LogP contribution in [0.25, 0.3) is 0 Å². The van der Waals surface area contributed by atoms with Crippen molar-refractivity contribution in [1.82, 2.24) is 8.46 Å². The molecular formula is C26H26N2Si2. The van der Waals surface area contributed by atoms with Crippen molar-refractivity contribution < 1.29 is 0 Å². The van der Waals surface area contributed by atoms with Crippen molar-refractivity contribution in [2.45, 2.75) is 0 Å². The summed E-state index contributed by atoms with van der Waals surface area (Å²) in [5, 5.41) is 5.76. The van der Waals surface area contributed by atoms with Crippen molar-refractivity contribution in [2.75, 3.05) is 14.1 Å². The van der Waals surface area contributed by atoms with Gasteiger partial charge >= 0.3 is 0 Å². The molecule has 30 heavy (non-hydrogen) atoms. The molecule has 0 bridgehead atoms. The summed E-state index contributed by atoms with van der Waals surface area (Å²) in [5.74, 6) is 0. The molecule has 0 N–H and O–H groups in total. The van der Waals surface area contributed by atoms with Crippen LogP contribution in [0.1, 0.15) is 0 Å². The predicted molar refractivity (Wildman–Crippen MR) is 131 cm³/mol. The molecule has 148 valence electrons. The SMILES string of the molecule is CN1[Si](c2ccccc2)(c2ccccc2)N(C)[Si]1(c1ccccc1)c1ccccc1. The van der Waals surface area contributed by atoms with Gasteiger partial charge in [-0.1, -0.05) is 121 Å². The lowest BCUT2D eigenvalue weighted by atomic mass is 10.4. The predicted octanol–water partition coefficient (Wildman–Crippen LogP) is 2.38. The Hall–Kier alpha value is -2.77. The van der Waals surface area contributed by atoms with Gasteiger partial charge in [-0.25, -0.2) is 0 Å². The van der Waals surface area contributed by atoms with E-state index in [-0.39, 0.29) is 0 Å². The Morgan fingerprint density at radius 1 is 0.367 bits per heavy atom. The molecule has 0 aromatic heterocycles. The van der Waals surface area contributed by atoms with Crippen molar-refractivity contribution in [2.24, 2.45) is 0 Å². The lowest BCUT2D eigenvalue weighted by Gasteiger charge is -2.69. The van der Waals surface area contributed by atoms with Crippen molar-refractivity contribution in [3.8, 4) is 0 Å². The average molecular weight is 423 g/mol. The summed E-state index contributed by atoms with van der Waals surface area (Å²) in [6.07, 6.45) is 0. The Morgan fingerprint density at radius 3 is 0.767 bits per heavy atom. The molecule has 4 heteroatoms. The Bertz CT molecular complexity index is 935. The van der Waals surface area contributed by atoms with E-state index in [2.05, 4.69) is 144 Å². The van der Waals surface area contributed by atoms with Crippen LogP contribution in [0.3, 0.4) is 0 Å². The minimum Gasteiger partial charge on any atom is -0.310 e. The molecule has 0 saturated carbocycles. The van der Waals surface area contributed by atoms with Crippen LogP contribution in [0, 0.1) is 0 Å². The van der Waals surface area contributed by atoms with E-state index < -0.39 is 16.8 Å². The molecule has 2 nitrogen and oxygen atoms in total. The third kappa shape index (κ3) is 2.48. The van der Waals surface area contributed by atoms with E-state index in [9.17, 15) is 0 Å². The minimum atomic E-state index is -2.27. The maximum absolute atomic E-state index is 2.80. The van der Waals surface area contributed by atoms with Gasteiger partial charge in [0.25, 0.3) is 16.8 Å². The van der Waals surface area contributed by atoms with Crippen molar-refractivity contribution >= 4 is 37.5 Å². The van der Waals surface area contributed by atoms with Crippen LogP contribution in [0.4, 0.5) is 0 Å². The molecule has 0 spiro atoms. The molecule has 0 radical (unpaired) electrons. The molecule has 1 fully saturated rings. The lowest BCUT2D eigenvalue weighted by molar-refractivity contribution is 0.518. The van der Waals surface area contributed by atoms with Gasteiger partial charge in [-0.15, -0.1) is 0 Å². The Morgan fingerprint density at radius 2 is 0.567 bits per heavy atom. The van der Waals surface area contributed by atoms with Gasteiger partial charge in [0.2, 0.25) is 0 Å². The Labute approximate surface area is 181 Å². The number of nitrogens with zero attached hydrogens (tertiary/aromatic N) is 2. The number of benzene rings is 4. The van der Waals surface area contributed by atoms with Gasteiger partial charge in [-0.2, -0.15) is 0 Å². The Kier molecular flexibility index (Phi) is 4.79. The van der Waals surface area contributed by atoms with E-state index in [4.69, 9.17) is 0 Å². The van der Waals surface area contributed by atoms with E-state index >= 15 is 0 Å². The molecular weight excluding hydrogens is 396 g/mol. The summed E-state index contributed by atoms with van der Waals surface area (Å²) in [7, 11) is 0.198. The first-order chi connectivity index (χ1) is 14.7. The molecule has 0 aliphatic carbocycles. The second-order valence-corrected chi connectivity index (χ2v) is 16.5. The highest BCUT2D eigenvalue weighted by molar-refractivity contribution is 7.24. The fraction of sp³-hybridized carbons (Fsp3) is 0.0769. The number of rotatable bonds is 4. The molecule has 4 aromatic rings. The van der Waals surface area contributed by atoms with Crippen LogP contribution in [0.15, 0.2) is 121 Å². The monoisotopic (exact) mass is 422 g/mol. The zero-order chi connectivity index (χ0) is 20.6. The van der Waals surface area contributed by atoms with Gasteiger partial charge in [-0.05, 0) is 34.8 Å². The van der Waals surface area contributed by atoms with Gasteiger partial charge in [0.1, 0.15) is 0 Å². The standard InChI is InChI=1S/C26H26N2Si2/c1-27-29(23-15-7-3-8-16-23,24-17-9-4-10-18-24)28(2)30(27,25-19-11-5-12-20-25)26-21-13-6-14-22-26/h3-22H,1-2H3. The quantitative estimate of drug-likeness (QED) is 0.466. The van der Waals surface area contributed by atoms with Crippen molar-refractivity contribution in [3.05, 3.63) is 121 Å². The molecule has 5 rings (SSSR count). The van der Waals surface area contributed by atoms with Crippen LogP contribution >= 0.6 is 0 Å². The maximum Gasteiger partial charge on any atom is 0.262 e. The molecule has 1 aliphatic rings. The summed E-state index contributed by atoms with van der Waals surface area (Å²) in [5.41, 5.74) is 0. The fourth-order valence-electron chi connectivity index (χ4n) is 5.44. The molecule has 0 unspecified atom stereocenters. The van der Waals surface area contributed by atoms with Gasteiger partial charge in [0.05, 0.1) is 0 Å². The molecule has 1 aliphatic heterocycles. The molecule has 1 heterocycles. The van der Waals surface area contributed by atoms with Crippen LogP contribution in [-0.2, 0) is 0 Å². The van der Waals surface area contributed by atoms with E-state index in [1.807, 2.05) is 0 Å². The highest BCUT2D eigenvalue weighted by Crippen LogP contribution is 2.35.